The van der Waals surface area contributed by atoms with Gasteiger partial charge in [0.1, 0.15) is 5.76 Å². The van der Waals surface area contributed by atoms with Crippen LogP contribution in [0.25, 0.3) is 0 Å². The molecule has 2 rings (SSSR count). The van der Waals surface area contributed by atoms with Crippen molar-refractivity contribution in [3.63, 3.8) is 0 Å². The van der Waals surface area contributed by atoms with Crippen LogP contribution in [0.5, 0.6) is 0 Å². The number of aromatic amines is 1. The van der Waals surface area contributed by atoms with E-state index < -0.39 is 0 Å². The fourth-order valence-electron chi connectivity index (χ4n) is 1.76. The molecular weight excluding hydrogens is 244 g/mol. The molecule has 98 valence electrons. The molecule has 2 aromatic heterocycles. The number of aryl methyl sites for hydroxylation is 1. The van der Waals surface area contributed by atoms with Crippen LogP contribution in [0.1, 0.15) is 28.2 Å². The van der Waals surface area contributed by atoms with Crippen molar-refractivity contribution in [2.24, 2.45) is 0 Å². The van der Waals surface area contributed by atoms with Gasteiger partial charge in [0, 0.05) is 12.2 Å². The molecule has 6 nitrogen and oxygen atoms in total. The van der Waals surface area contributed by atoms with Gasteiger partial charge in [0.2, 0.25) is 0 Å². The Morgan fingerprint density at radius 1 is 1.63 bits per heavy atom. The van der Waals surface area contributed by atoms with Crippen molar-refractivity contribution in [3.8, 4) is 6.07 Å². The molecule has 0 aliphatic heterocycles. The minimum absolute atomic E-state index is 0.155. The summed E-state index contributed by atoms with van der Waals surface area (Å²) in [4.78, 5) is 14.0. The number of nitriles is 1. The number of hydrogen-bond donors (Lipinski definition) is 1. The van der Waals surface area contributed by atoms with Gasteiger partial charge in [0.15, 0.2) is 0 Å². The van der Waals surface area contributed by atoms with Crippen molar-refractivity contribution in [3.05, 3.63) is 41.6 Å². The highest BCUT2D eigenvalue weighted by molar-refractivity contribution is 5.94. The van der Waals surface area contributed by atoms with Crippen LogP contribution in [0.4, 0.5) is 0 Å². The van der Waals surface area contributed by atoms with Crippen LogP contribution in [0.2, 0.25) is 0 Å². The van der Waals surface area contributed by atoms with Crippen LogP contribution in [-0.2, 0) is 6.54 Å². The Bertz CT molecular complexity index is 580. The van der Waals surface area contributed by atoms with Crippen molar-refractivity contribution < 1.29 is 9.21 Å². The SMILES string of the molecule is Cc1[nH]ncc1C(=O)N(CCC#N)Cc1ccco1. The quantitative estimate of drug-likeness (QED) is 0.887. The molecule has 2 heterocycles. The highest BCUT2D eigenvalue weighted by atomic mass is 16.3. The zero-order valence-corrected chi connectivity index (χ0v) is 10.6. The van der Waals surface area contributed by atoms with E-state index in [2.05, 4.69) is 10.2 Å². The van der Waals surface area contributed by atoms with Crippen molar-refractivity contribution in [1.29, 1.82) is 5.26 Å². The largest absolute Gasteiger partial charge is 0.467 e. The van der Waals surface area contributed by atoms with Gasteiger partial charge < -0.3 is 9.32 Å². The maximum atomic E-state index is 12.4. The van der Waals surface area contributed by atoms with E-state index in [1.54, 1.807) is 30.2 Å². The van der Waals surface area contributed by atoms with E-state index in [1.807, 2.05) is 6.07 Å². The summed E-state index contributed by atoms with van der Waals surface area (Å²) in [6.07, 6.45) is 3.34. The normalized spacial score (nSPS) is 10.1. The molecule has 0 bridgehead atoms. The molecule has 0 saturated heterocycles. The predicted octanol–water partition coefficient (Wildman–Crippen LogP) is 1.87. The smallest absolute Gasteiger partial charge is 0.257 e. The van der Waals surface area contributed by atoms with E-state index in [-0.39, 0.29) is 12.3 Å². The third-order valence-corrected chi connectivity index (χ3v) is 2.77. The van der Waals surface area contributed by atoms with E-state index in [0.717, 1.165) is 0 Å². The zero-order chi connectivity index (χ0) is 13.7. The van der Waals surface area contributed by atoms with Gasteiger partial charge in [-0.2, -0.15) is 10.4 Å². The maximum absolute atomic E-state index is 12.4. The zero-order valence-electron chi connectivity index (χ0n) is 10.6. The summed E-state index contributed by atoms with van der Waals surface area (Å²) in [5.41, 5.74) is 1.23. The summed E-state index contributed by atoms with van der Waals surface area (Å²) >= 11 is 0. The Kier molecular flexibility index (Phi) is 3.98. The molecule has 0 saturated carbocycles. The molecule has 0 aliphatic carbocycles. The third-order valence-electron chi connectivity index (χ3n) is 2.77. The molecule has 19 heavy (non-hydrogen) atoms. The van der Waals surface area contributed by atoms with Gasteiger partial charge >= 0.3 is 0 Å². The lowest BCUT2D eigenvalue weighted by atomic mass is 10.2. The number of hydrogen-bond acceptors (Lipinski definition) is 4. The van der Waals surface area contributed by atoms with Crippen molar-refractivity contribution in [2.45, 2.75) is 19.9 Å². The average molecular weight is 258 g/mol. The van der Waals surface area contributed by atoms with E-state index in [9.17, 15) is 4.79 Å². The van der Waals surface area contributed by atoms with Crippen LogP contribution >= 0.6 is 0 Å². The minimum atomic E-state index is -0.155. The second-order valence-corrected chi connectivity index (χ2v) is 4.12. The van der Waals surface area contributed by atoms with Crippen LogP contribution in [-0.4, -0.2) is 27.5 Å². The number of aromatic nitrogens is 2. The van der Waals surface area contributed by atoms with Crippen LogP contribution in [0.15, 0.2) is 29.0 Å². The lowest BCUT2D eigenvalue weighted by Gasteiger charge is -2.20. The lowest BCUT2D eigenvalue weighted by molar-refractivity contribution is 0.0734. The van der Waals surface area contributed by atoms with Gasteiger partial charge in [-0.15, -0.1) is 0 Å². The van der Waals surface area contributed by atoms with Gasteiger partial charge in [-0.05, 0) is 19.1 Å². The van der Waals surface area contributed by atoms with E-state index in [0.29, 0.717) is 30.1 Å². The van der Waals surface area contributed by atoms with E-state index in [4.69, 9.17) is 9.68 Å². The van der Waals surface area contributed by atoms with Crippen molar-refractivity contribution in [1.82, 2.24) is 15.1 Å². The first-order valence-corrected chi connectivity index (χ1v) is 5.91. The summed E-state index contributed by atoms with van der Waals surface area (Å²) in [7, 11) is 0. The fourth-order valence-corrected chi connectivity index (χ4v) is 1.76. The van der Waals surface area contributed by atoms with Gasteiger partial charge in [-0.3, -0.25) is 9.89 Å². The third kappa shape index (κ3) is 3.01. The van der Waals surface area contributed by atoms with Gasteiger partial charge in [-0.25, -0.2) is 0 Å². The molecular formula is C13H14N4O2. The number of furan rings is 1. The van der Waals surface area contributed by atoms with Crippen LogP contribution in [0.3, 0.4) is 0 Å². The Labute approximate surface area is 110 Å². The molecule has 0 fully saturated rings. The number of H-pyrrole nitrogens is 1. The molecule has 6 heteroatoms. The average Bonchev–Trinajstić information content (AvgIpc) is 3.05. The summed E-state index contributed by atoms with van der Waals surface area (Å²) in [5, 5.41) is 15.3. The number of carbonyl (C=O) groups is 1. The van der Waals surface area contributed by atoms with Crippen molar-refractivity contribution >= 4 is 5.91 Å². The fraction of sp³-hybridized carbons (Fsp3) is 0.308. The summed E-state index contributed by atoms with van der Waals surface area (Å²) < 4.78 is 5.24. The van der Waals surface area contributed by atoms with Crippen molar-refractivity contribution in [2.75, 3.05) is 6.54 Å². The Morgan fingerprint density at radius 3 is 3.05 bits per heavy atom. The number of carbonyl (C=O) groups excluding carboxylic acids is 1. The van der Waals surface area contributed by atoms with E-state index in [1.165, 1.54) is 6.20 Å². The molecule has 0 aliphatic rings. The second-order valence-electron chi connectivity index (χ2n) is 4.12. The first-order chi connectivity index (χ1) is 9.22. The Balaban J connectivity index is 2.15. The minimum Gasteiger partial charge on any atom is -0.467 e. The number of rotatable bonds is 5. The first kappa shape index (κ1) is 12.9. The highest BCUT2D eigenvalue weighted by Crippen LogP contribution is 2.12. The molecule has 1 N–H and O–H groups in total. The number of nitrogens with zero attached hydrogens (tertiary/aromatic N) is 3. The highest BCUT2D eigenvalue weighted by Gasteiger charge is 2.19. The van der Waals surface area contributed by atoms with Gasteiger partial charge in [0.05, 0.1) is 37.1 Å². The monoisotopic (exact) mass is 258 g/mol. The van der Waals surface area contributed by atoms with Gasteiger partial charge in [-0.1, -0.05) is 0 Å². The summed E-state index contributed by atoms with van der Waals surface area (Å²) in [5.74, 6) is 0.533. The predicted molar refractivity (Wildman–Crippen MR) is 67.0 cm³/mol. The van der Waals surface area contributed by atoms with Gasteiger partial charge in [0.25, 0.3) is 5.91 Å². The standard InChI is InChI=1S/C13H14N4O2/c1-10-12(8-15-16-10)13(18)17(6-3-5-14)9-11-4-2-7-19-11/h2,4,7-8H,3,6,9H2,1H3,(H,15,16). The lowest BCUT2D eigenvalue weighted by Crippen LogP contribution is -2.31. The van der Waals surface area contributed by atoms with Crippen LogP contribution in [0, 0.1) is 18.3 Å². The summed E-state index contributed by atoms with van der Waals surface area (Å²) in [6, 6.07) is 5.61. The first-order valence-electron chi connectivity index (χ1n) is 5.91. The summed E-state index contributed by atoms with van der Waals surface area (Å²) in [6.45, 7) is 2.49. The van der Waals surface area contributed by atoms with E-state index >= 15 is 0 Å². The van der Waals surface area contributed by atoms with Crippen LogP contribution < -0.4 is 0 Å². The Hall–Kier alpha value is -2.55. The second kappa shape index (κ2) is 5.87. The Morgan fingerprint density at radius 2 is 2.47 bits per heavy atom. The molecule has 0 spiro atoms. The molecule has 1 amide bonds. The number of nitrogens with one attached hydrogen (secondary N) is 1. The number of amides is 1. The topological polar surface area (TPSA) is 85.9 Å². The maximum Gasteiger partial charge on any atom is 0.257 e. The molecule has 0 radical (unpaired) electrons. The molecule has 2 aromatic rings. The molecule has 0 atom stereocenters. The molecule has 0 aromatic carbocycles. The molecule has 0 unspecified atom stereocenters.